The molecule has 0 aromatic carbocycles. The van der Waals surface area contributed by atoms with Crippen LogP contribution in [0.1, 0.15) is 484 Å². The van der Waals surface area contributed by atoms with Crippen molar-refractivity contribution in [1.29, 1.82) is 0 Å². The highest BCUT2D eigenvalue weighted by molar-refractivity contribution is 5.72. The number of unbranched alkanes of at least 4 members (excludes halogenated alkanes) is 60. The van der Waals surface area contributed by atoms with Gasteiger partial charge in [0, 0.05) is 32.1 Å². The van der Waals surface area contributed by atoms with Gasteiger partial charge in [-0.25, -0.2) is 0 Å². The van der Waals surface area contributed by atoms with Gasteiger partial charge in [-0.15, -0.1) is 0 Å². The molecule has 2 heterocycles. The summed E-state index contributed by atoms with van der Waals surface area (Å²) in [6, 6.07) is 0. The minimum Gasteiger partial charge on any atom is -0.463 e. The zero-order valence-electron chi connectivity index (χ0n) is 70.9. The smallest absolute Gasteiger partial charge is 0.306 e. The third-order valence-electron chi connectivity index (χ3n) is 22.6. The molecule has 16 nitrogen and oxygen atoms in total. The van der Waals surface area contributed by atoms with Gasteiger partial charge in [-0.1, -0.05) is 420 Å². The maximum atomic E-state index is 14.7. The lowest BCUT2D eigenvalue weighted by Crippen LogP contribution is -2.64. The lowest BCUT2D eigenvalue weighted by atomic mass is 9.98. The summed E-state index contributed by atoms with van der Waals surface area (Å²) in [5.41, 5.74) is 0. The Labute approximate surface area is 662 Å². The van der Waals surface area contributed by atoms with Gasteiger partial charge in [0.15, 0.2) is 18.3 Å². The van der Waals surface area contributed by atoms with Crippen LogP contribution in [0.3, 0.4) is 0 Å². The summed E-state index contributed by atoms with van der Waals surface area (Å²) in [5.74, 6) is -5.48. The largest absolute Gasteiger partial charge is 0.463 e. The summed E-state index contributed by atoms with van der Waals surface area (Å²) < 4.78 is 51.4. The molecular formula is C92H172O16. The SMILES string of the molecule is CCCCCCCCCCCCCCCC(=O)OC[C@H]1O[C@@](COC(=O)CCCCCCCCCCCCCCC)(O[C@H]2O[C@H](CO)[C@@H](O)[C@H](O)[C@H]2OC(=O)CCCCCCCCCCCCCCC)[C@@H](OC(=O)CCCCCCCCCCCCCCC)[C@@H]1OC(=O)CCCCCCCCCCCCCCC. The second-order valence-electron chi connectivity index (χ2n) is 32.9. The van der Waals surface area contributed by atoms with Crippen molar-refractivity contribution in [3.05, 3.63) is 0 Å². The van der Waals surface area contributed by atoms with Crippen LogP contribution in [-0.4, -0.2) is 120 Å². The molecule has 2 rings (SSSR count). The van der Waals surface area contributed by atoms with Gasteiger partial charge in [-0.3, -0.25) is 24.0 Å². The molecule has 0 aliphatic carbocycles. The first-order valence-electron chi connectivity index (χ1n) is 46.8. The summed E-state index contributed by atoms with van der Waals surface area (Å²) in [7, 11) is 0. The molecule has 0 bridgehead atoms. The minimum absolute atomic E-state index is 0.00483. The average molecular weight is 1530 g/mol. The number of carbonyl (C=O) groups excluding carboxylic acids is 5. The number of hydrogen-bond donors (Lipinski definition) is 3. The molecular weight excluding hydrogens is 1360 g/mol. The van der Waals surface area contributed by atoms with Crippen LogP contribution in [0.4, 0.5) is 0 Å². The molecule has 2 fully saturated rings. The zero-order chi connectivity index (χ0) is 78.3. The monoisotopic (exact) mass is 1530 g/mol. The van der Waals surface area contributed by atoms with E-state index in [-0.39, 0.29) is 32.1 Å². The van der Waals surface area contributed by atoms with Gasteiger partial charge in [0.2, 0.25) is 12.1 Å². The Kier molecular flexibility index (Phi) is 68.4. The number of aliphatic hydroxyl groups excluding tert-OH is 3. The lowest BCUT2D eigenvalue weighted by molar-refractivity contribution is -0.384. The number of ether oxygens (including phenoxy) is 8. The van der Waals surface area contributed by atoms with Gasteiger partial charge in [-0.05, 0) is 32.1 Å². The predicted octanol–water partition coefficient (Wildman–Crippen LogP) is 24.8. The first-order valence-corrected chi connectivity index (χ1v) is 46.8. The number of hydrogen-bond acceptors (Lipinski definition) is 16. The minimum atomic E-state index is -2.43. The summed E-state index contributed by atoms with van der Waals surface area (Å²) >= 11 is 0. The second-order valence-corrected chi connectivity index (χ2v) is 32.9. The summed E-state index contributed by atoms with van der Waals surface area (Å²) in [5, 5.41) is 34.1. The molecule has 9 atom stereocenters. The van der Waals surface area contributed by atoms with Crippen molar-refractivity contribution < 1.29 is 77.2 Å². The third-order valence-corrected chi connectivity index (χ3v) is 22.6. The number of carbonyl (C=O) groups is 5. The van der Waals surface area contributed by atoms with Crippen molar-refractivity contribution in [3.63, 3.8) is 0 Å². The van der Waals surface area contributed by atoms with E-state index in [0.717, 1.165) is 128 Å². The highest BCUT2D eigenvalue weighted by Gasteiger charge is 2.64. The summed E-state index contributed by atoms with van der Waals surface area (Å²) in [6.45, 7) is 9.20. The van der Waals surface area contributed by atoms with Crippen LogP contribution in [0.5, 0.6) is 0 Å². The Morgan fingerprint density at radius 2 is 0.528 bits per heavy atom. The van der Waals surface area contributed by atoms with Crippen LogP contribution in [0.15, 0.2) is 0 Å². The molecule has 0 radical (unpaired) electrons. The van der Waals surface area contributed by atoms with Crippen molar-refractivity contribution >= 4 is 29.8 Å². The quantitative estimate of drug-likeness (QED) is 0.0293. The first-order chi connectivity index (χ1) is 52.9. The molecule has 3 N–H and O–H groups in total. The highest BCUT2D eigenvalue weighted by Crippen LogP contribution is 2.42. The lowest BCUT2D eigenvalue weighted by Gasteiger charge is -2.45. The standard InChI is InChI=1S/C92H172O16/c1-6-11-16-21-26-31-36-41-46-51-56-61-66-71-81(94)101-77-80-88(104-83(96)73-68-63-58-53-48-43-38-33-28-23-18-13-8-3)90(106-85(98)75-70-65-60-55-50-45-40-35-30-25-20-15-10-5)92(107-80,78-102-82(95)72-67-62-57-52-47-42-37-32-27-22-17-12-7-2)108-91-89(87(100)86(99)79(76-93)103-91)105-84(97)74-69-64-59-54-49-44-39-34-29-24-19-14-9-4/h79-80,86-91,93,99-100H,6-78H2,1-5H3/t79-,80-,86-,87+,88-,89-,90+,91-,92+/m1/s1. The van der Waals surface area contributed by atoms with Crippen molar-refractivity contribution in [1.82, 2.24) is 0 Å². The van der Waals surface area contributed by atoms with Crippen LogP contribution in [0, 0.1) is 0 Å². The van der Waals surface area contributed by atoms with Crippen LogP contribution < -0.4 is 0 Å². The van der Waals surface area contributed by atoms with Crippen molar-refractivity contribution in [3.8, 4) is 0 Å². The molecule has 0 aromatic rings. The maximum absolute atomic E-state index is 14.7. The fourth-order valence-electron chi connectivity index (χ4n) is 15.5. The number of esters is 5. The van der Waals surface area contributed by atoms with Crippen LogP contribution in [0.25, 0.3) is 0 Å². The van der Waals surface area contributed by atoms with E-state index in [0.29, 0.717) is 32.1 Å². The van der Waals surface area contributed by atoms with Gasteiger partial charge in [0.05, 0.1) is 6.61 Å². The molecule has 108 heavy (non-hydrogen) atoms. The van der Waals surface area contributed by atoms with Gasteiger partial charge < -0.3 is 53.2 Å². The average Bonchev–Trinajstić information content (AvgIpc) is 1.56. The Morgan fingerprint density at radius 3 is 0.806 bits per heavy atom. The fourth-order valence-corrected chi connectivity index (χ4v) is 15.5. The van der Waals surface area contributed by atoms with Gasteiger partial charge in [0.25, 0.3) is 0 Å². The van der Waals surface area contributed by atoms with Crippen LogP contribution in [0.2, 0.25) is 0 Å². The van der Waals surface area contributed by atoms with Gasteiger partial charge in [-0.2, -0.15) is 0 Å². The fraction of sp³-hybridized carbons (Fsp3) is 0.946. The Morgan fingerprint density at radius 1 is 0.287 bits per heavy atom. The molecule has 2 saturated heterocycles. The van der Waals surface area contributed by atoms with Crippen molar-refractivity contribution in [2.75, 3.05) is 19.8 Å². The van der Waals surface area contributed by atoms with Crippen LogP contribution >= 0.6 is 0 Å². The molecule has 2 aliphatic heterocycles. The molecule has 16 heteroatoms. The Hall–Kier alpha value is -2.89. The molecule has 0 unspecified atom stereocenters. The van der Waals surface area contributed by atoms with E-state index in [1.54, 1.807) is 0 Å². The van der Waals surface area contributed by atoms with E-state index < -0.39 is 104 Å². The van der Waals surface area contributed by atoms with Crippen LogP contribution in [-0.2, 0) is 61.9 Å². The van der Waals surface area contributed by atoms with E-state index in [2.05, 4.69) is 34.6 Å². The molecule has 636 valence electrons. The molecule has 0 amide bonds. The Balaban J connectivity index is 2.56. The van der Waals surface area contributed by atoms with E-state index in [9.17, 15) is 39.3 Å². The number of aliphatic hydroxyl groups is 3. The topological polar surface area (TPSA) is 220 Å². The molecule has 2 aliphatic rings. The van der Waals surface area contributed by atoms with E-state index in [1.165, 1.54) is 257 Å². The van der Waals surface area contributed by atoms with Gasteiger partial charge >= 0.3 is 29.8 Å². The van der Waals surface area contributed by atoms with E-state index in [4.69, 9.17) is 37.9 Å². The highest BCUT2D eigenvalue weighted by atomic mass is 16.8. The van der Waals surface area contributed by atoms with Crippen molar-refractivity contribution in [2.45, 2.75) is 539 Å². The summed E-state index contributed by atoms with van der Waals surface area (Å²) in [4.78, 5) is 71.3. The number of rotatable bonds is 80. The summed E-state index contributed by atoms with van der Waals surface area (Å²) in [6.07, 6.45) is 60.2. The third kappa shape index (κ3) is 54.0. The van der Waals surface area contributed by atoms with Crippen molar-refractivity contribution in [2.24, 2.45) is 0 Å². The predicted molar refractivity (Wildman–Crippen MR) is 440 cm³/mol. The first kappa shape index (κ1) is 101. The molecule has 0 saturated carbocycles. The zero-order valence-corrected chi connectivity index (χ0v) is 70.9. The second kappa shape index (κ2) is 73.0. The van der Waals surface area contributed by atoms with E-state index in [1.807, 2.05) is 0 Å². The normalized spacial score (nSPS) is 20.0. The van der Waals surface area contributed by atoms with E-state index >= 15 is 0 Å². The Bertz CT molecular complexity index is 2060. The molecule has 0 aromatic heterocycles. The molecule has 0 spiro atoms. The van der Waals surface area contributed by atoms with Gasteiger partial charge in [0.1, 0.15) is 37.6 Å². The maximum Gasteiger partial charge on any atom is 0.306 e.